The highest BCUT2D eigenvalue weighted by Crippen LogP contribution is 2.44. The lowest BCUT2D eigenvalue weighted by atomic mass is 10.0. The van der Waals surface area contributed by atoms with Crippen molar-refractivity contribution in [3.8, 4) is 68.6 Å². The smallest absolute Gasteiger partial charge is 0.255 e. The van der Waals surface area contributed by atoms with Gasteiger partial charge < -0.3 is 53.1 Å². The number of nitrogens with zero attached hydrogens (tertiary/aromatic N) is 1. The van der Waals surface area contributed by atoms with Gasteiger partial charge in [0.05, 0.1) is 61.4 Å². The molecule has 1 amide bonds. The van der Waals surface area contributed by atoms with Gasteiger partial charge in [0.25, 0.3) is 5.91 Å². The molecule has 56 heavy (non-hydrogen) atoms. The molecule has 1 aliphatic heterocycles. The van der Waals surface area contributed by atoms with Crippen LogP contribution in [0, 0.1) is 6.92 Å². The molecule has 2 heterocycles. The van der Waals surface area contributed by atoms with Crippen molar-refractivity contribution in [1.82, 2.24) is 10.5 Å². The number of methoxy groups -OCH3 is 6. The number of unbranched alkanes of at least 4 members (excludes halogenated alkanes) is 4. The van der Waals surface area contributed by atoms with Gasteiger partial charge in [0, 0.05) is 22.9 Å². The number of benzene rings is 4. The van der Waals surface area contributed by atoms with Gasteiger partial charge in [-0.05, 0) is 73.9 Å². The summed E-state index contributed by atoms with van der Waals surface area (Å²) in [6.45, 7) is 3.03. The van der Waals surface area contributed by atoms with Crippen molar-refractivity contribution in [3.05, 3.63) is 83.4 Å². The Balaban J connectivity index is 0.964. The van der Waals surface area contributed by atoms with Gasteiger partial charge in [0.15, 0.2) is 40.3 Å². The van der Waals surface area contributed by atoms with E-state index in [1.807, 2.05) is 73.7 Å². The minimum Gasteiger partial charge on any atom is -0.493 e. The zero-order valence-electron chi connectivity index (χ0n) is 32.9. The molecule has 1 aromatic heterocycles. The van der Waals surface area contributed by atoms with E-state index in [2.05, 4.69) is 15.8 Å². The molecule has 13 nitrogen and oxygen atoms in total. The van der Waals surface area contributed by atoms with Crippen LogP contribution >= 0.6 is 0 Å². The highest BCUT2D eigenvalue weighted by Gasteiger charge is 2.26. The summed E-state index contributed by atoms with van der Waals surface area (Å²) in [7, 11) is 9.48. The Kier molecular flexibility index (Phi) is 13.0. The molecule has 0 fully saturated rings. The van der Waals surface area contributed by atoms with Crippen LogP contribution in [0.25, 0.3) is 22.6 Å². The Labute approximate surface area is 327 Å². The average molecular weight is 768 g/mol. The van der Waals surface area contributed by atoms with Crippen LogP contribution in [0.1, 0.15) is 59.8 Å². The van der Waals surface area contributed by atoms with Crippen LogP contribution in [-0.4, -0.2) is 66.9 Å². The number of hydrogen-bond acceptors (Lipinski definition) is 12. The SMILES string of the molecule is COc1cc(C2NC(=O)c3cc(C)ccc3N2)ccc1OCCCCCCCOc1c(OC)cc(-c2cc(-c3cc(OC)c(OC)c(OC)c3)no2)cc1OC. The van der Waals surface area contributed by atoms with E-state index in [-0.39, 0.29) is 12.1 Å². The van der Waals surface area contributed by atoms with Crippen molar-refractivity contribution in [3.63, 3.8) is 0 Å². The summed E-state index contributed by atoms with van der Waals surface area (Å²) in [4.78, 5) is 12.7. The lowest BCUT2D eigenvalue weighted by Gasteiger charge is -2.28. The fourth-order valence-electron chi connectivity index (χ4n) is 6.55. The Morgan fingerprint density at radius 2 is 1.20 bits per heavy atom. The largest absolute Gasteiger partial charge is 0.493 e. The maximum absolute atomic E-state index is 12.7. The second-order valence-electron chi connectivity index (χ2n) is 13.2. The predicted molar refractivity (Wildman–Crippen MR) is 212 cm³/mol. The number of hydrogen-bond donors (Lipinski definition) is 2. The summed E-state index contributed by atoms with van der Waals surface area (Å²) in [5.74, 6) is 4.77. The van der Waals surface area contributed by atoms with Gasteiger partial charge in [0.2, 0.25) is 11.5 Å². The van der Waals surface area contributed by atoms with Gasteiger partial charge >= 0.3 is 0 Å². The second kappa shape index (κ2) is 18.4. The first-order valence-corrected chi connectivity index (χ1v) is 18.5. The number of amides is 1. The second-order valence-corrected chi connectivity index (χ2v) is 13.2. The molecular weight excluding hydrogens is 718 g/mol. The number of aryl methyl sites for hydroxylation is 1. The molecule has 1 unspecified atom stereocenters. The van der Waals surface area contributed by atoms with Gasteiger partial charge in [0.1, 0.15) is 11.9 Å². The summed E-state index contributed by atoms with van der Waals surface area (Å²) in [5.41, 5.74) is 5.39. The fraction of sp³-hybridized carbons (Fsp3) is 0.349. The Morgan fingerprint density at radius 1 is 0.589 bits per heavy atom. The highest BCUT2D eigenvalue weighted by atomic mass is 16.5. The van der Waals surface area contributed by atoms with Crippen molar-refractivity contribution in [2.45, 2.75) is 45.2 Å². The van der Waals surface area contributed by atoms with Crippen LogP contribution in [0.15, 0.2) is 71.3 Å². The van der Waals surface area contributed by atoms with E-state index < -0.39 is 0 Å². The Hall–Kier alpha value is -6.24. The molecule has 2 N–H and O–H groups in total. The topological polar surface area (TPSA) is 141 Å². The van der Waals surface area contributed by atoms with Gasteiger partial charge in [-0.15, -0.1) is 0 Å². The molecular formula is C43H49N3O10. The van der Waals surface area contributed by atoms with Crippen molar-refractivity contribution in [2.24, 2.45) is 0 Å². The molecule has 0 saturated carbocycles. The van der Waals surface area contributed by atoms with E-state index in [1.54, 1.807) is 42.7 Å². The quantitative estimate of drug-likeness (QED) is 0.0777. The molecule has 0 aliphatic carbocycles. The Morgan fingerprint density at radius 3 is 1.84 bits per heavy atom. The summed E-state index contributed by atoms with van der Waals surface area (Å²) in [5, 5.41) is 10.7. The lowest BCUT2D eigenvalue weighted by molar-refractivity contribution is 0.0935. The number of anilines is 1. The van der Waals surface area contributed by atoms with Gasteiger partial charge in [-0.25, -0.2) is 0 Å². The number of nitrogens with one attached hydrogen (secondary N) is 2. The standard InChI is InChI=1S/C43H49N3O10/c1-26-13-15-31-30(19-26)43(47)45-42(44-31)27-14-16-33(35(20-27)48-2)54-17-11-9-8-10-12-18-55-41-38(51-5)23-29(24-39(41)52-6)34-25-32(46-56-34)28-21-36(49-3)40(53-7)37(22-28)50-4/h13-16,19-25,42,44H,8-12,17-18H2,1-7H3,(H,45,47). The molecule has 296 valence electrons. The van der Waals surface area contributed by atoms with E-state index in [0.29, 0.717) is 81.8 Å². The van der Waals surface area contributed by atoms with Crippen LogP contribution in [0.3, 0.4) is 0 Å². The summed E-state index contributed by atoms with van der Waals surface area (Å²) < 4.78 is 51.5. The van der Waals surface area contributed by atoms with E-state index in [4.69, 9.17) is 42.4 Å². The molecule has 1 aliphatic rings. The maximum atomic E-state index is 12.7. The van der Waals surface area contributed by atoms with Gasteiger partial charge in [-0.3, -0.25) is 4.79 Å². The third-order valence-corrected chi connectivity index (χ3v) is 9.52. The van der Waals surface area contributed by atoms with Crippen LogP contribution in [0.2, 0.25) is 0 Å². The third kappa shape index (κ3) is 8.83. The van der Waals surface area contributed by atoms with E-state index in [0.717, 1.165) is 54.5 Å². The van der Waals surface area contributed by atoms with Crippen molar-refractivity contribution in [1.29, 1.82) is 0 Å². The summed E-state index contributed by atoms with van der Waals surface area (Å²) in [6.07, 6.45) is 4.42. The molecule has 0 saturated heterocycles. The normalized spacial score (nSPS) is 13.2. The van der Waals surface area contributed by atoms with Crippen molar-refractivity contribution in [2.75, 3.05) is 61.2 Å². The minimum atomic E-state index is -0.373. The molecule has 13 heteroatoms. The predicted octanol–water partition coefficient (Wildman–Crippen LogP) is 8.63. The highest BCUT2D eigenvalue weighted by molar-refractivity contribution is 6.02. The molecule has 0 radical (unpaired) electrons. The van der Waals surface area contributed by atoms with Crippen LogP contribution < -0.4 is 48.5 Å². The summed E-state index contributed by atoms with van der Waals surface area (Å²) in [6, 6.07) is 20.6. The number of carbonyl (C=O) groups excluding carboxylic acids is 1. The van der Waals surface area contributed by atoms with E-state index in [9.17, 15) is 4.79 Å². The van der Waals surface area contributed by atoms with E-state index in [1.165, 1.54) is 0 Å². The molecule has 0 spiro atoms. The number of fused-ring (bicyclic) bond motifs is 1. The number of aromatic nitrogens is 1. The first-order chi connectivity index (χ1) is 27.3. The fourth-order valence-corrected chi connectivity index (χ4v) is 6.55. The monoisotopic (exact) mass is 767 g/mol. The van der Waals surface area contributed by atoms with Gasteiger partial charge in [-0.2, -0.15) is 0 Å². The minimum absolute atomic E-state index is 0.110. The zero-order valence-corrected chi connectivity index (χ0v) is 32.9. The molecule has 1 atom stereocenters. The first kappa shape index (κ1) is 39.5. The number of rotatable bonds is 19. The Bertz CT molecular complexity index is 2080. The van der Waals surface area contributed by atoms with Crippen LogP contribution in [0.4, 0.5) is 5.69 Å². The zero-order chi connectivity index (χ0) is 39.6. The molecule has 0 bridgehead atoms. The van der Waals surface area contributed by atoms with Crippen molar-refractivity contribution < 1.29 is 47.2 Å². The third-order valence-electron chi connectivity index (χ3n) is 9.52. The molecule has 6 rings (SSSR count). The maximum Gasteiger partial charge on any atom is 0.255 e. The van der Waals surface area contributed by atoms with Gasteiger partial charge in [-0.1, -0.05) is 42.1 Å². The summed E-state index contributed by atoms with van der Waals surface area (Å²) >= 11 is 0. The van der Waals surface area contributed by atoms with E-state index >= 15 is 0 Å². The van der Waals surface area contributed by atoms with Crippen molar-refractivity contribution >= 4 is 11.6 Å². The lowest BCUT2D eigenvalue weighted by Crippen LogP contribution is -2.38. The van der Waals surface area contributed by atoms with Crippen LogP contribution in [-0.2, 0) is 0 Å². The van der Waals surface area contributed by atoms with Crippen LogP contribution in [0.5, 0.6) is 46.0 Å². The first-order valence-electron chi connectivity index (χ1n) is 18.5. The molecule has 4 aromatic carbocycles. The number of ether oxygens (including phenoxy) is 8. The number of carbonyl (C=O) groups is 1. The average Bonchev–Trinajstić information content (AvgIpc) is 3.73. The molecule has 5 aromatic rings.